The molecule has 0 saturated carbocycles. The van der Waals surface area contributed by atoms with Crippen molar-refractivity contribution in [2.75, 3.05) is 21.9 Å². The first kappa shape index (κ1) is 15.1. The van der Waals surface area contributed by atoms with E-state index in [1.807, 2.05) is 0 Å². The number of halogens is 1. The third-order valence-corrected chi connectivity index (χ3v) is 5.58. The van der Waals surface area contributed by atoms with Crippen molar-refractivity contribution >= 4 is 43.2 Å². The molecule has 1 saturated heterocycles. The van der Waals surface area contributed by atoms with E-state index in [1.54, 1.807) is 36.4 Å². The number of nitrogens with one attached hydrogen (secondary N) is 1. The fourth-order valence-electron chi connectivity index (χ4n) is 2.30. The van der Waals surface area contributed by atoms with Crippen molar-refractivity contribution in [2.24, 2.45) is 0 Å². The lowest BCUT2D eigenvalue weighted by Gasteiger charge is -2.17. The molecule has 1 aliphatic rings. The third-order valence-electron chi connectivity index (χ3n) is 3.29. The Labute approximate surface area is 136 Å². The Kier molecular flexibility index (Phi) is 3.96. The predicted octanol–water partition coefficient (Wildman–Crippen LogP) is 2.83. The summed E-state index contributed by atoms with van der Waals surface area (Å²) in [6.07, 6.45) is 0.610. The molecule has 0 bridgehead atoms. The van der Waals surface area contributed by atoms with Crippen LogP contribution in [-0.2, 0) is 10.0 Å². The summed E-state index contributed by atoms with van der Waals surface area (Å²) in [5, 5.41) is 2.69. The van der Waals surface area contributed by atoms with Crippen molar-refractivity contribution in [1.29, 1.82) is 0 Å². The van der Waals surface area contributed by atoms with Gasteiger partial charge in [0.05, 0.1) is 11.4 Å². The zero-order valence-corrected chi connectivity index (χ0v) is 13.9. The van der Waals surface area contributed by atoms with E-state index in [4.69, 9.17) is 4.42 Å². The summed E-state index contributed by atoms with van der Waals surface area (Å²) in [4.78, 5) is 12.0. The van der Waals surface area contributed by atoms with Crippen LogP contribution in [0.5, 0.6) is 0 Å². The molecule has 6 nitrogen and oxygen atoms in total. The van der Waals surface area contributed by atoms with Gasteiger partial charge in [-0.05, 0) is 52.7 Å². The lowest BCUT2D eigenvalue weighted by atomic mass is 10.2. The number of amides is 1. The van der Waals surface area contributed by atoms with Crippen LogP contribution in [0.15, 0.2) is 45.5 Å². The summed E-state index contributed by atoms with van der Waals surface area (Å²) >= 11 is 3.13. The van der Waals surface area contributed by atoms with E-state index in [-0.39, 0.29) is 11.5 Å². The molecule has 22 heavy (non-hydrogen) atoms. The van der Waals surface area contributed by atoms with Gasteiger partial charge in [0.25, 0.3) is 5.91 Å². The quantitative estimate of drug-likeness (QED) is 0.881. The van der Waals surface area contributed by atoms with Gasteiger partial charge in [-0.25, -0.2) is 8.42 Å². The Hall–Kier alpha value is -1.80. The molecular weight excluding hydrogens is 372 g/mol. The minimum absolute atomic E-state index is 0.157. The molecule has 2 aromatic rings. The van der Waals surface area contributed by atoms with Gasteiger partial charge in [-0.3, -0.25) is 9.10 Å². The lowest BCUT2D eigenvalue weighted by molar-refractivity contribution is 0.0995. The number of hydrogen-bond donors (Lipinski definition) is 1. The molecule has 8 heteroatoms. The molecule has 1 aromatic carbocycles. The number of furan rings is 1. The lowest BCUT2D eigenvalue weighted by Crippen LogP contribution is -2.25. The average Bonchev–Trinajstić information content (AvgIpc) is 3.04. The van der Waals surface area contributed by atoms with Crippen molar-refractivity contribution < 1.29 is 17.6 Å². The molecule has 1 fully saturated rings. The molecule has 1 amide bonds. The Morgan fingerprint density at radius 3 is 2.73 bits per heavy atom. The van der Waals surface area contributed by atoms with E-state index in [0.29, 0.717) is 29.0 Å². The monoisotopic (exact) mass is 384 g/mol. The first-order chi connectivity index (χ1) is 10.5. The molecule has 1 aromatic heterocycles. The number of nitrogens with zero attached hydrogens (tertiary/aromatic N) is 1. The van der Waals surface area contributed by atoms with Gasteiger partial charge in [0, 0.05) is 12.2 Å². The van der Waals surface area contributed by atoms with E-state index in [9.17, 15) is 13.2 Å². The van der Waals surface area contributed by atoms with Crippen molar-refractivity contribution in [2.45, 2.75) is 6.42 Å². The normalized spacial score (nSPS) is 16.7. The number of rotatable bonds is 3. The summed E-state index contributed by atoms with van der Waals surface area (Å²) in [5.41, 5.74) is 1.06. The van der Waals surface area contributed by atoms with Gasteiger partial charge in [0.15, 0.2) is 10.4 Å². The molecule has 116 valence electrons. The van der Waals surface area contributed by atoms with Gasteiger partial charge >= 0.3 is 0 Å². The van der Waals surface area contributed by atoms with Crippen LogP contribution in [0.3, 0.4) is 0 Å². The number of benzene rings is 1. The van der Waals surface area contributed by atoms with Gasteiger partial charge in [-0.2, -0.15) is 0 Å². The largest absolute Gasteiger partial charge is 0.444 e. The fourth-order valence-corrected chi connectivity index (χ4v) is 4.16. The number of hydrogen-bond acceptors (Lipinski definition) is 4. The zero-order chi connectivity index (χ0) is 15.7. The molecule has 1 aliphatic heterocycles. The van der Waals surface area contributed by atoms with Gasteiger partial charge in [0.1, 0.15) is 0 Å². The standard InChI is InChI=1S/C14H13BrN2O4S/c15-13-6-5-12(21-13)14(18)16-10-3-1-4-11(9-10)17-7-2-8-22(17,19)20/h1,3-6,9H,2,7-8H2,(H,16,18). The molecule has 0 atom stereocenters. The first-order valence-corrected chi connectivity index (χ1v) is 9.03. The zero-order valence-electron chi connectivity index (χ0n) is 11.5. The number of anilines is 2. The van der Waals surface area contributed by atoms with Crippen molar-refractivity contribution in [3.05, 3.63) is 46.8 Å². The number of sulfonamides is 1. The topological polar surface area (TPSA) is 79.6 Å². The number of carbonyl (C=O) groups is 1. The minimum Gasteiger partial charge on any atom is -0.444 e. The van der Waals surface area contributed by atoms with Crippen molar-refractivity contribution in [3.63, 3.8) is 0 Å². The Morgan fingerprint density at radius 1 is 1.27 bits per heavy atom. The highest BCUT2D eigenvalue weighted by Crippen LogP contribution is 2.26. The Bertz CT molecular complexity index is 816. The molecule has 1 N–H and O–H groups in total. The summed E-state index contributed by atoms with van der Waals surface area (Å²) in [7, 11) is -3.24. The Balaban J connectivity index is 1.81. The van der Waals surface area contributed by atoms with Crippen LogP contribution in [0.4, 0.5) is 11.4 Å². The third kappa shape index (κ3) is 3.02. The molecule has 2 heterocycles. The van der Waals surface area contributed by atoms with Gasteiger partial charge < -0.3 is 9.73 Å². The second-order valence-corrected chi connectivity index (χ2v) is 7.64. The molecule has 3 rings (SSSR count). The van der Waals surface area contributed by atoms with Gasteiger partial charge in [-0.1, -0.05) is 6.07 Å². The maximum Gasteiger partial charge on any atom is 0.291 e. The van der Waals surface area contributed by atoms with Crippen LogP contribution >= 0.6 is 15.9 Å². The molecule has 0 aliphatic carbocycles. The van der Waals surface area contributed by atoms with Crippen LogP contribution in [0.1, 0.15) is 17.0 Å². The highest BCUT2D eigenvalue weighted by molar-refractivity contribution is 9.10. The second-order valence-electron chi connectivity index (χ2n) is 4.85. The van der Waals surface area contributed by atoms with Crippen LogP contribution in [0.2, 0.25) is 0 Å². The van der Waals surface area contributed by atoms with Gasteiger partial charge in [-0.15, -0.1) is 0 Å². The summed E-state index contributed by atoms with van der Waals surface area (Å²) in [5.74, 6) is -0.0671. The minimum atomic E-state index is -3.24. The molecule has 0 spiro atoms. The summed E-state index contributed by atoms with van der Waals surface area (Å²) in [6, 6.07) is 9.93. The van der Waals surface area contributed by atoms with Crippen molar-refractivity contribution in [1.82, 2.24) is 0 Å². The molecule has 0 unspecified atom stereocenters. The van der Waals surface area contributed by atoms with Crippen LogP contribution in [0.25, 0.3) is 0 Å². The maximum absolute atomic E-state index is 12.0. The average molecular weight is 385 g/mol. The van der Waals surface area contributed by atoms with E-state index >= 15 is 0 Å². The van der Waals surface area contributed by atoms with E-state index in [2.05, 4.69) is 21.2 Å². The number of carbonyl (C=O) groups excluding carboxylic acids is 1. The smallest absolute Gasteiger partial charge is 0.291 e. The fraction of sp³-hybridized carbons (Fsp3) is 0.214. The molecule has 0 radical (unpaired) electrons. The summed E-state index contributed by atoms with van der Waals surface area (Å²) in [6.45, 7) is 0.463. The highest BCUT2D eigenvalue weighted by atomic mass is 79.9. The first-order valence-electron chi connectivity index (χ1n) is 6.63. The van der Waals surface area contributed by atoms with Gasteiger partial charge in [0.2, 0.25) is 10.0 Å². The van der Waals surface area contributed by atoms with Crippen molar-refractivity contribution in [3.8, 4) is 0 Å². The summed E-state index contributed by atoms with van der Waals surface area (Å²) < 4.78 is 30.9. The SMILES string of the molecule is O=C(Nc1cccc(N2CCCS2(=O)=O)c1)c1ccc(Br)o1. The predicted molar refractivity (Wildman–Crippen MR) is 86.6 cm³/mol. The van der Waals surface area contributed by atoms with Crippen LogP contribution in [-0.4, -0.2) is 26.6 Å². The van der Waals surface area contributed by atoms with E-state index in [0.717, 1.165) is 0 Å². The maximum atomic E-state index is 12.0. The van der Waals surface area contributed by atoms with E-state index in [1.165, 1.54) is 4.31 Å². The molecular formula is C14H13BrN2O4S. The highest BCUT2D eigenvalue weighted by Gasteiger charge is 2.28. The van der Waals surface area contributed by atoms with Crippen LogP contribution in [0, 0.1) is 0 Å². The second kappa shape index (κ2) is 5.77. The Morgan fingerprint density at radius 2 is 2.09 bits per heavy atom. The van der Waals surface area contributed by atoms with Crippen LogP contribution < -0.4 is 9.62 Å². The van der Waals surface area contributed by atoms with E-state index < -0.39 is 15.9 Å².